The molecule has 0 amide bonds. The Bertz CT molecular complexity index is 1530. The van der Waals surface area contributed by atoms with Gasteiger partial charge in [0.25, 0.3) is 15.9 Å². The van der Waals surface area contributed by atoms with Gasteiger partial charge >= 0.3 is 0 Å². The van der Waals surface area contributed by atoms with Crippen molar-refractivity contribution in [3.8, 4) is 34.8 Å². The average Bonchev–Trinajstić information content (AvgIpc) is 2.92. The van der Waals surface area contributed by atoms with Gasteiger partial charge < -0.3 is 19.3 Å². The largest absolute Gasteiger partial charge is 0.493 e. The van der Waals surface area contributed by atoms with Crippen molar-refractivity contribution < 1.29 is 27.7 Å². The lowest BCUT2D eigenvalue weighted by molar-refractivity contribution is 0.192. The number of aryl methyl sites for hydroxylation is 1. The van der Waals surface area contributed by atoms with Gasteiger partial charge in [-0.2, -0.15) is 4.98 Å². The molecular formula is C26H25N5O6S. The molecule has 0 fully saturated rings. The first-order valence-electron chi connectivity index (χ1n) is 11.4. The number of nitrogens with zero attached hydrogens (tertiary/aromatic N) is 4. The van der Waals surface area contributed by atoms with E-state index in [4.69, 9.17) is 14.2 Å². The number of nitrogens with one attached hydrogen (secondary N) is 1. The Morgan fingerprint density at radius 2 is 1.74 bits per heavy atom. The van der Waals surface area contributed by atoms with Crippen molar-refractivity contribution >= 4 is 21.9 Å². The summed E-state index contributed by atoms with van der Waals surface area (Å²) in [7, 11) is -2.62. The summed E-state index contributed by atoms with van der Waals surface area (Å²) in [5.74, 6) is 0.233. The highest BCUT2D eigenvalue weighted by molar-refractivity contribution is 7.95. The number of aromatic nitrogens is 4. The second-order valence-electron chi connectivity index (χ2n) is 7.79. The van der Waals surface area contributed by atoms with Crippen molar-refractivity contribution in [1.82, 2.24) is 19.9 Å². The van der Waals surface area contributed by atoms with Crippen LogP contribution in [-0.2, 0) is 10.0 Å². The average molecular weight is 536 g/mol. The predicted octanol–water partition coefficient (Wildman–Crippen LogP) is 3.83. The maximum Gasteiger partial charge on any atom is 0.263 e. The van der Waals surface area contributed by atoms with E-state index in [9.17, 15) is 13.5 Å². The van der Waals surface area contributed by atoms with E-state index >= 15 is 0 Å². The van der Waals surface area contributed by atoms with Crippen molar-refractivity contribution in [2.45, 2.75) is 6.92 Å². The van der Waals surface area contributed by atoms with Gasteiger partial charge in [-0.25, -0.2) is 23.4 Å². The highest BCUT2D eigenvalue weighted by Gasteiger charge is 2.24. The third-order valence-electron chi connectivity index (χ3n) is 4.93. The van der Waals surface area contributed by atoms with Gasteiger partial charge in [-0.1, -0.05) is 42.0 Å². The molecule has 0 aliphatic rings. The minimum absolute atomic E-state index is 0.0220. The number of ether oxygens (including phenoxy) is 3. The number of methoxy groups -OCH3 is 1. The summed E-state index contributed by atoms with van der Waals surface area (Å²) in [6.45, 7) is 1.44. The van der Waals surface area contributed by atoms with Crippen molar-refractivity contribution in [1.29, 1.82) is 0 Å². The Labute approximate surface area is 219 Å². The van der Waals surface area contributed by atoms with Gasteiger partial charge in [-0.05, 0) is 36.8 Å². The van der Waals surface area contributed by atoms with E-state index in [0.29, 0.717) is 11.3 Å². The van der Waals surface area contributed by atoms with Gasteiger partial charge in [-0.3, -0.25) is 4.72 Å². The van der Waals surface area contributed by atoms with Crippen LogP contribution in [0.3, 0.4) is 0 Å². The lowest BCUT2D eigenvalue weighted by Crippen LogP contribution is -2.14. The van der Waals surface area contributed by atoms with E-state index in [1.807, 2.05) is 25.1 Å². The van der Waals surface area contributed by atoms with Gasteiger partial charge in [0.15, 0.2) is 23.1 Å². The number of rotatable bonds is 11. The topological polar surface area (TPSA) is 146 Å². The fourth-order valence-corrected chi connectivity index (χ4v) is 4.08. The van der Waals surface area contributed by atoms with Gasteiger partial charge in [0.1, 0.15) is 6.61 Å². The minimum Gasteiger partial charge on any atom is -0.493 e. The number of benzene rings is 2. The Balaban J connectivity index is 1.81. The number of sulfonamides is 1. The van der Waals surface area contributed by atoms with Crippen LogP contribution in [0.1, 0.15) is 11.1 Å². The van der Waals surface area contributed by atoms with Crippen LogP contribution in [0.15, 0.2) is 72.4 Å². The molecule has 2 aromatic carbocycles. The van der Waals surface area contributed by atoms with Crippen LogP contribution in [-0.4, -0.2) is 53.8 Å². The summed E-state index contributed by atoms with van der Waals surface area (Å²) in [6.07, 6.45) is 4.45. The highest BCUT2D eigenvalue weighted by atomic mass is 32.2. The van der Waals surface area contributed by atoms with Crippen LogP contribution in [0.25, 0.3) is 17.7 Å². The molecule has 0 bridgehead atoms. The molecule has 0 atom stereocenters. The quantitative estimate of drug-likeness (QED) is 0.291. The Morgan fingerprint density at radius 1 is 0.974 bits per heavy atom. The van der Waals surface area contributed by atoms with E-state index < -0.39 is 10.0 Å². The van der Waals surface area contributed by atoms with Crippen LogP contribution in [0.4, 0.5) is 5.82 Å². The summed E-state index contributed by atoms with van der Waals surface area (Å²) in [6, 6.07) is 15.7. The standard InChI is InChI=1S/C26H25N5O6S/c1-18-7-5-8-19(17-18)11-16-38(33,34)31-23-22(37-21-10-4-3-9-20(21)35-2)26(36-15-14-32)30-25(29-23)24-27-12-6-13-28-24/h3-13,16-17,32H,14-15H2,1-2H3,(H,29,30,31). The van der Waals surface area contributed by atoms with E-state index in [-0.39, 0.29) is 48.1 Å². The fraction of sp³-hybridized carbons (Fsp3) is 0.154. The molecule has 2 aromatic heterocycles. The number of para-hydroxylation sites is 2. The zero-order valence-corrected chi connectivity index (χ0v) is 21.4. The first kappa shape index (κ1) is 26.5. The maximum atomic E-state index is 13.1. The summed E-state index contributed by atoms with van der Waals surface area (Å²) in [4.78, 5) is 17.0. The predicted molar refractivity (Wildman–Crippen MR) is 141 cm³/mol. The van der Waals surface area contributed by atoms with Crippen LogP contribution in [0.2, 0.25) is 0 Å². The molecule has 0 aliphatic heterocycles. The third-order valence-corrected chi connectivity index (χ3v) is 5.90. The van der Waals surface area contributed by atoms with Crippen molar-refractivity contribution in [3.05, 3.63) is 83.5 Å². The summed E-state index contributed by atoms with van der Waals surface area (Å²) >= 11 is 0. The summed E-state index contributed by atoms with van der Waals surface area (Å²) < 4.78 is 45.6. The molecule has 4 aromatic rings. The van der Waals surface area contributed by atoms with Gasteiger partial charge in [0.2, 0.25) is 11.6 Å². The lowest BCUT2D eigenvalue weighted by atomic mass is 10.1. The highest BCUT2D eigenvalue weighted by Crippen LogP contribution is 2.41. The van der Waals surface area contributed by atoms with Crippen LogP contribution >= 0.6 is 0 Å². The Hall–Kier alpha value is -4.55. The van der Waals surface area contributed by atoms with E-state index in [0.717, 1.165) is 11.0 Å². The van der Waals surface area contributed by atoms with Crippen LogP contribution < -0.4 is 18.9 Å². The molecule has 0 spiro atoms. The fourth-order valence-electron chi connectivity index (χ4n) is 3.27. The summed E-state index contributed by atoms with van der Waals surface area (Å²) in [5.41, 5.74) is 1.69. The molecule has 0 unspecified atom stereocenters. The Morgan fingerprint density at radius 3 is 2.45 bits per heavy atom. The normalized spacial score (nSPS) is 11.3. The smallest absolute Gasteiger partial charge is 0.263 e. The molecule has 11 nitrogen and oxygen atoms in total. The molecule has 38 heavy (non-hydrogen) atoms. The van der Waals surface area contributed by atoms with Crippen LogP contribution in [0, 0.1) is 6.92 Å². The van der Waals surface area contributed by atoms with Gasteiger partial charge in [0.05, 0.1) is 19.1 Å². The molecule has 2 N–H and O–H groups in total. The second kappa shape index (κ2) is 12.1. The summed E-state index contributed by atoms with van der Waals surface area (Å²) in [5, 5.41) is 10.4. The number of hydrogen-bond donors (Lipinski definition) is 2. The van der Waals surface area contributed by atoms with E-state index in [1.54, 1.807) is 36.4 Å². The maximum absolute atomic E-state index is 13.1. The molecule has 196 valence electrons. The lowest BCUT2D eigenvalue weighted by Gasteiger charge is -2.17. The van der Waals surface area contributed by atoms with Crippen molar-refractivity contribution in [2.75, 3.05) is 25.0 Å². The molecule has 0 radical (unpaired) electrons. The van der Waals surface area contributed by atoms with Gasteiger partial charge in [-0.15, -0.1) is 0 Å². The van der Waals surface area contributed by atoms with E-state index in [1.165, 1.54) is 25.6 Å². The first-order chi connectivity index (χ1) is 18.4. The van der Waals surface area contributed by atoms with E-state index in [2.05, 4.69) is 24.7 Å². The number of anilines is 1. The molecule has 4 rings (SSSR count). The molecular weight excluding hydrogens is 510 g/mol. The number of aliphatic hydroxyl groups excluding tert-OH is 1. The SMILES string of the molecule is COc1ccccc1Oc1c(NS(=O)(=O)C=Cc2cccc(C)c2)nc(-c2ncccn2)nc1OCCO. The van der Waals surface area contributed by atoms with Gasteiger partial charge in [0, 0.05) is 12.4 Å². The second-order valence-corrected chi connectivity index (χ2v) is 9.36. The number of aliphatic hydroxyl groups is 1. The molecule has 12 heteroatoms. The molecule has 2 heterocycles. The van der Waals surface area contributed by atoms with Crippen molar-refractivity contribution in [3.63, 3.8) is 0 Å². The Kier molecular flexibility index (Phi) is 8.46. The molecule has 0 saturated carbocycles. The number of hydrogen-bond acceptors (Lipinski definition) is 10. The van der Waals surface area contributed by atoms with Crippen molar-refractivity contribution in [2.24, 2.45) is 0 Å². The third kappa shape index (κ3) is 6.81. The minimum atomic E-state index is -4.09. The zero-order valence-electron chi connectivity index (χ0n) is 20.6. The zero-order chi connectivity index (χ0) is 27.0. The monoisotopic (exact) mass is 535 g/mol. The molecule has 0 saturated heterocycles. The molecule has 0 aliphatic carbocycles. The van der Waals surface area contributed by atoms with Crippen LogP contribution in [0.5, 0.6) is 23.1 Å². The first-order valence-corrected chi connectivity index (χ1v) is 12.9.